The van der Waals surface area contributed by atoms with Crippen molar-refractivity contribution < 1.29 is 57.2 Å². The molecule has 4 aromatic heterocycles. The predicted octanol–water partition coefficient (Wildman–Crippen LogP) is -2.77. The maximum atomic E-state index is 13.7. The summed E-state index contributed by atoms with van der Waals surface area (Å²) in [6.45, 7) is -1.67. The van der Waals surface area contributed by atoms with Crippen molar-refractivity contribution in [3.63, 3.8) is 0 Å². The van der Waals surface area contributed by atoms with Crippen LogP contribution in [-0.2, 0) is 23.1 Å². The maximum absolute atomic E-state index is 13.7. The van der Waals surface area contributed by atoms with Crippen LogP contribution in [0.5, 0.6) is 0 Å². The Bertz CT molecular complexity index is 1610. The summed E-state index contributed by atoms with van der Waals surface area (Å²) >= 11 is 0. The van der Waals surface area contributed by atoms with Gasteiger partial charge in [-0.1, -0.05) is 0 Å². The van der Waals surface area contributed by atoms with Gasteiger partial charge < -0.3 is 61.5 Å². The number of fused-ring (bicyclic) bond motifs is 2. The zero-order valence-electron chi connectivity index (χ0n) is 22.4. The molecule has 4 aromatic rings. The third kappa shape index (κ3) is 5.54. The third-order valence-electron chi connectivity index (χ3n) is 6.86. The second kappa shape index (κ2) is 11.7. The van der Waals surface area contributed by atoms with Crippen molar-refractivity contribution in [2.75, 3.05) is 24.7 Å². The van der Waals surface area contributed by atoms with Crippen molar-refractivity contribution in [2.45, 2.75) is 49.1 Å². The Hall–Kier alpha value is -3.61. The average molecular weight is 649 g/mol. The lowest BCUT2D eigenvalue weighted by atomic mass is 10.1. The number of quaternary nitrogens is 1. The molecule has 2 aliphatic heterocycles. The van der Waals surface area contributed by atoms with E-state index >= 15 is 0 Å². The fourth-order valence-corrected chi connectivity index (χ4v) is 5.49. The molecule has 0 aliphatic carbocycles. The third-order valence-corrected chi connectivity index (χ3v) is 7.79. The molecule has 12 N–H and O–H groups in total. The van der Waals surface area contributed by atoms with E-state index in [0.29, 0.717) is 0 Å². The summed E-state index contributed by atoms with van der Waals surface area (Å²) in [5.41, 5.74) is 10.9. The summed E-state index contributed by atoms with van der Waals surface area (Å²) < 4.78 is 62.7. The molecule has 2 aliphatic rings. The molecule has 24 heteroatoms. The fraction of sp³-hybridized carbons (Fsp3) is 0.500. The Labute approximate surface area is 243 Å². The van der Waals surface area contributed by atoms with E-state index in [2.05, 4.69) is 29.9 Å². The van der Waals surface area contributed by atoms with Crippen molar-refractivity contribution in [1.82, 2.24) is 45.2 Å². The molecule has 0 spiro atoms. The van der Waals surface area contributed by atoms with E-state index < -0.39 is 82.3 Å². The zero-order valence-corrected chi connectivity index (χ0v) is 23.3. The van der Waals surface area contributed by atoms with E-state index in [0.717, 1.165) is 21.8 Å². The fourth-order valence-electron chi connectivity index (χ4n) is 4.75. The normalized spacial score (nSPS) is 30.2. The molecule has 9 atom stereocenters. The number of phosphoric acid groups is 1. The second-order valence-electron chi connectivity index (χ2n) is 9.54. The molecule has 0 saturated carbocycles. The van der Waals surface area contributed by atoms with Crippen LogP contribution in [-0.4, -0.2) is 109 Å². The zero-order chi connectivity index (χ0) is 30.8. The van der Waals surface area contributed by atoms with Crippen LogP contribution in [0.1, 0.15) is 12.5 Å². The average Bonchev–Trinajstić information content (AvgIpc) is 3.69. The number of aromatic nitrogens is 8. The highest BCUT2D eigenvalue weighted by molar-refractivity contribution is 7.45. The summed E-state index contributed by atoms with van der Waals surface area (Å²) in [6.07, 6.45) is -12.4. The smallest absolute Gasteiger partial charge is 0.312 e. The standard InChI is InChI=1S/C20H23F2N10O10P.H3N/c21-19-27-13(23)7-15(29-19)31(3-25-7)17-11(35)9(33)5(41-17)1-39-43(37,38)40-2-6-10(34)12(36)18(42-6)32-4-26-8-14(24)28-20(22)30-16(8)32;/h3-6,9-12,17-18,33-36H,1-2H2,(H,37,38)(H2,23,27,29)(H2,24,28,30);1H3/t5-,6-,9+,10?,11?,12-,17-,18-;/m1./s1. The highest BCUT2D eigenvalue weighted by Crippen LogP contribution is 2.42. The number of hydrogen-bond donors (Lipinski definition) is 7. The van der Waals surface area contributed by atoms with Crippen LogP contribution in [0.2, 0.25) is 0 Å². The van der Waals surface area contributed by atoms with Crippen LogP contribution >= 0.6 is 7.82 Å². The number of nitrogens with zero attached hydrogens (tertiary/aromatic N) is 8. The number of nitrogen functional groups attached to an aromatic ring is 2. The molecule has 0 aromatic carbocycles. The number of hydrogen-bond acceptors (Lipinski definition) is 18. The van der Waals surface area contributed by atoms with E-state index in [1.165, 1.54) is 0 Å². The Kier molecular flexibility index (Phi) is 8.47. The molecule has 44 heavy (non-hydrogen) atoms. The summed E-state index contributed by atoms with van der Waals surface area (Å²) in [7, 11) is -5.16. The Balaban J connectivity index is 0.00000384. The molecule has 0 bridgehead atoms. The molecule has 0 amide bonds. The van der Waals surface area contributed by atoms with Crippen LogP contribution < -0.4 is 22.5 Å². The van der Waals surface area contributed by atoms with E-state index in [1.807, 2.05) is 0 Å². The van der Waals surface area contributed by atoms with Crippen LogP contribution in [0.15, 0.2) is 12.7 Å². The first-order valence-corrected chi connectivity index (χ1v) is 13.7. The molecule has 2 fully saturated rings. The topological polar surface area (TPSA) is 334 Å². The van der Waals surface area contributed by atoms with Crippen molar-refractivity contribution >= 4 is 41.8 Å². The van der Waals surface area contributed by atoms with Gasteiger partial charge >= 0.3 is 12.2 Å². The lowest BCUT2D eigenvalue weighted by Gasteiger charge is -2.26. The highest BCUT2D eigenvalue weighted by atomic mass is 31.2. The Morgan fingerprint density at radius 3 is 1.57 bits per heavy atom. The number of nitrogens with two attached hydrogens (primary N) is 2. The number of anilines is 2. The quantitative estimate of drug-likeness (QED) is 0.0749. The minimum atomic E-state index is -5.16. The summed E-state index contributed by atoms with van der Waals surface area (Å²) in [5, 5.41) is 41.8. The number of rotatable bonds is 8. The summed E-state index contributed by atoms with van der Waals surface area (Å²) in [4.78, 5) is 34.1. The first-order valence-electron chi connectivity index (χ1n) is 12.3. The van der Waals surface area contributed by atoms with Gasteiger partial charge in [0.25, 0.3) is 7.82 Å². The molecule has 21 nitrogen and oxygen atoms in total. The first kappa shape index (κ1) is 31.8. The van der Waals surface area contributed by atoms with Gasteiger partial charge in [0, 0.05) is 0 Å². The molecule has 2 saturated heterocycles. The van der Waals surface area contributed by atoms with Crippen LogP contribution in [0.3, 0.4) is 0 Å². The number of aliphatic hydroxyl groups excluding tert-OH is 4. The summed E-state index contributed by atoms with van der Waals surface area (Å²) in [5.74, 6) is -0.556. The van der Waals surface area contributed by atoms with Crippen molar-refractivity contribution in [1.29, 1.82) is 0 Å². The number of imidazole rings is 2. The Morgan fingerprint density at radius 2 is 1.18 bits per heavy atom. The van der Waals surface area contributed by atoms with Gasteiger partial charge in [0.05, 0.1) is 25.9 Å². The second-order valence-corrected chi connectivity index (χ2v) is 10.9. The monoisotopic (exact) mass is 649 g/mol. The lowest BCUT2D eigenvalue weighted by Crippen LogP contribution is -2.35. The minimum Gasteiger partial charge on any atom is -0.756 e. The number of aliphatic hydroxyl groups is 4. The lowest BCUT2D eigenvalue weighted by molar-refractivity contribution is -0.231. The molecule has 240 valence electrons. The van der Waals surface area contributed by atoms with E-state index in [-0.39, 0.29) is 40.1 Å². The van der Waals surface area contributed by atoms with E-state index in [1.54, 1.807) is 0 Å². The number of ether oxygens (including phenoxy) is 2. The van der Waals surface area contributed by atoms with Gasteiger partial charge in [-0.15, -0.1) is 0 Å². The Morgan fingerprint density at radius 1 is 0.795 bits per heavy atom. The van der Waals surface area contributed by atoms with E-state index in [4.69, 9.17) is 30.0 Å². The van der Waals surface area contributed by atoms with Crippen molar-refractivity contribution in [3.05, 3.63) is 24.8 Å². The first-order chi connectivity index (χ1) is 20.3. The molecule has 0 radical (unpaired) electrons. The molecule has 3 unspecified atom stereocenters. The SMILES string of the molecule is Nc1nc(F)nc2c1ncn2[C@@H]1O[C@H](COP(=O)([O-])OC[C@H]2O[C@@H](n3cnc4c(N)nc(F)nc43)[C@H](O)C2O)[C@H](O)C1O.[NH4+]. The summed E-state index contributed by atoms with van der Waals surface area (Å²) in [6, 6.07) is 0. The molecule has 6 heterocycles. The van der Waals surface area contributed by atoms with Gasteiger partial charge in [0.2, 0.25) is 0 Å². The van der Waals surface area contributed by atoms with Crippen LogP contribution in [0, 0.1) is 12.2 Å². The van der Waals surface area contributed by atoms with Crippen molar-refractivity contribution in [3.8, 4) is 0 Å². The number of halogens is 2. The van der Waals surface area contributed by atoms with Gasteiger partial charge in [-0.2, -0.15) is 28.7 Å². The molecule has 6 rings (SSSR count). The number of phosphoric ester groups is 1. The van der Waals surface area contributed by atoms with Gasteiger partial charge in [0.1, 0.15) is 36.6 Å². The largest absolute Gasteiger partial charge is 0.756 e. The van der Waals surface area contributed by atoms with Gasteiger partial charge in [-0.3, -0.25) is 13.7 Å². The van der Waals surface area contributed by atoms with E-state index in [9.17, 15) is 38.7 Å². The van der Waals surface area contributed by atoms with Crippen LogP contribution in [0.4, 0.5) is 20.4 Å². The van der Waals surface area contributed by atoms with Crippen molar-refractivity contribution in [2.24, 2.45) is 0 Å². The van der Waals surface area contributed by atoms with Gasteiger partial charge in [0.15, 0.2) is 46.4 Å². The highest BCUT2D eigenvalue weighted by Gasteiger charge is 2.46. The molecular weight excluding hydrogens is 623 g/mol. The van der Waals surface area contributed by atoms with Gasteiger partial charge in [-0.05, 0) is 0 Å². The molecular formula is C20H26F2N11O10P. The van der Waals surface area contributed by atoms with Crippen LogP contribution in [0.25, 0.3) is 22.3 Å². The maximum Gasteiger partial charge on any atom is 0.312 e. The predicted molar refractivity (Wildman–Crippen MR) is 137 cm³/mol. The van der Waals surface area contributed by atoms with Gasteiger partial charge in [-0.25, -0.2) is 9.97 Å². The minimum absolute atomic E-state index is 0.